The summed E-state index contributed by atoms with van der Waals surface area (Å²) < 4.78 is 7.10. The summed E-state index contributed by atoms with van der Waals surface area (Å²) in [4.78, 5) is 49.3. The lowest BCUT2D eigenvalue weighted by atomic mass is 9.73. The van der Waals surface area contributed by atoms with E-state index in [0.29, 0.717) is 26.1 Å². The number of hydrogen-bond donors (Lipinski definition) is 1. The number of likely N-dealkylation sites (tertiary alicyclic amines) is 1. The summed E-state index contributed by atoms with van der Waals surface area (Å²) >= 11 is 0. The highest BCUT2D eigenvalue weighted by atomic mass is 16.5. The molecule has 1 unspecified atom stereocenters. The van der Waals surface area contributed by atoms with Crippen LogP contribution in [-0.4, -0.2) is 87.1 Å². The number of carbonyl (C=O) groups is 3. The Labute approximate surface area is 243 Å². The number of aliphatic hydroxyl groups excluding tert-OH is 1. The van der Waals surface area contributed by atoms with Crippen molar-refractivity contribution in [3.8, 4) is 0 Å². The van der Waals surface area contributed by atoms with Crippen LogP contribution in [0.25, 0.3) is 0 Å². The summed E-state index contributed by atoms with van der Waals surface area (Å²) in [6, 6.07) is 7.79. The van der Waals surface area contributed by atoms with E-state index in [0.717, 1.165) is 37.7 Å². The van der Waals surface area contributed by atoms with E-state index < -0.39 is 35.1 Å². The van der Waals surface area contributed by atoms with Crippen molar-refractivity contribution < 1.29 is 24.2 Å². The molecule has 1 saturated carbocycles. The molecule has 6 rings (SSSR count). The van der Waals surface area contributed by atoms with Crippen LogP contribution in [0.3, 0.4) is 0 Å². The predicted molar refractivity (Wildman–Crippen MR) is 154 cm³/mol. The van der Waals surface area contributed by atoms with Gasteiger partial charge in [0.1, 0.15) is 11.6 Å². The summed E-state index contributed by atoms with van der Waals surface area (Å²) in [7, 11) is 0. The van der Waals surface area contributed by atoms with Crippen molar-refractivity contribution in [2.45, 2.75) is 88.1 Å². The van der Waals surface area contributed by atoms with Crippen LogP contribution >= 0.6 is 0 Å². The third-order valence-corrected chi connectivity index (χ3v) is 10.2. The van der Waals surface area contributed by atoms with Crippen molar-refractivity contribution in [1.29, 1.82) is 0 Å². The number of rotatable bonds is 7. The molecule has 1 aliphatic carbocycles. The number of benzene rings is 1. The zero-order chi connectivity index (χ0) is 28.8. The molecule has 0 bridgehead atoms. The van der Waals surface area contributed by atoms with E-state index in [4.69, 9.17) is 4.74 Å². The predicted octanol–water partition coefficient (Wildman–Crippen LogP) is 3.62. The fourth-order valence-electron chi connectivity index (χ4n) is 8.32. The van der Waals surface area contributed by atoms with Crippen molar-refractivity contribution in [3.05, 3.63) is 60.2 Å². The molecular weight excluding hydrogens is 518 g/mol. The monoisotopic (exact) mass is 561 g/mol. The molecule has 5 aliphatic rings. The molecular formula is C33H43N3O5. The first-order chi connectivity index (χ1) is 19.9. The standard InChI is InChI=1S/C33H43N3O5/c1-3-19-34-20-11-17-32(4-2)26(29(34)38)27-30(39)36(25(22-37)23-13-7-5-8-14-23)28-31(40)35(24-15-9-6-10-16-24)21-12-18-33(27,28)41-32/h5,7-8,11-14,17-18,24-28,37H,3-4,6,9-10,15-16,19-22H2,1-2H3/t25-,26+,27+,28?,32-,33+/m1/s1. The third kappa shape index (κ3) is 4.28. The van der Waals surface area contributed by atoms with E-state index in [1.165, 1.54) is 6.42 Å². The quantitative estimate of drug-likeness (QED) is 0.514. The van der Waals surface area contributed by atoms with Crippen LogP contribution < -0.4 is 0 Å². The lowest BCUT2D eigenvalue weighted by Gasteiger charge is -2.42. The van der Waals surface area contributed by atoms with Crippen LogP contribution in [0.15, 0.2) is 54.6 Å². The highest BCUT2D eigenvalue weighted by molar-refractivity contribution is 6.00. The van der Waals surface area contributed by atoms with Gasteiger partial charge >= 0.3 is 0 Å². The molecule has 4 heterocycles. The van der Waals surface area contributed by atoms with Crippen LogP contribution in [0.4, 0.5) is 0 Å². The molecule has 1 spiro atoms. The Morgan fingerprint density at radius 1 is 0.927 bits per heavy atom. The molecule has 3 amide bonds. The van der Waals surface area contributed by atoms with E-state index in [2.05, 4.69) is 0 Å². The molecule has 41 heavy (non-hydrogen) atoms. The highest BCUT2D eigenvalue weighted by Gasteiger charge is 2.76. The molecule has 3 fully saturated rings. The van der Waals surface area contributed by atoms with Gasteiger partial charge in [-0.15, -0.1) is 0 Å². The van der Waals surface area contributed by atoms with E-state index in [1.54, 1.807) is 4.90 Å². The average Bonchev–Trinajstić information content (AvgIpc) is 3.29. The van der Waals surface area contributed by atoms with E-state index in [1.807, 2.05) is 78.3 Å². The minimum Gasteiger partial charge on any atom is -0.394 e. The Morgan fingerprint density at radius 3 is 2.34 bits per heavy atom. The lowest BCUT2D eigenvalue weighted by molar-refractivity contribution is -0.158. The van der Waals surface area contributed by atoms with Crippen LogP contribution in [0.2, 0.25) is 0 Å². The minimum absolute atomic E-state index is 0.0935. The Balaban J connectivity index is 1.52. The van der Waals surface area contributed by atoms with Crippen molar-refractivity contribution in [2.24, 2.45) is 11.8 Å². The van der Waals surface area contributed by atoms with Crippen LogP contribution in [-0.2, 0) is 19.1 Å². The molecule has 0 aromatic heterocycles. The van der Waals surface area contributed by atoms with Gasteiger partial charge in [0, 0.05) is 25.7 Å². The fourth-order valence-corrected chi connectivity index (χ4v) is 8.32. The lowest BCUT2D eigenvalue weighted by Crippen LogP contribution is -2.58. The molecule has 1 aromatic carbocycles. The topological polar surface area (TPSA) is 90.4 Å². The average molecular weight is 562 g/mol. The first-order valence-electron chi connectivity index (χ1n) is 15.5. The summed E-state index contributed by atoms with van der Waals surface area (Å²) in [5, 5.41) is 10.8. The van der Waals surface area contributed by atoms with E-state index in [9.17, 15) is 19.5 Å². The summed E-state index contributed by atoms with van der Waals surface area (Å²) in [6.45, 7) is 5.21. The largest absolute Gasteiger partial charge is 0.394 e. The maximum Gasteiger partial charge on any atom is 0.249 e. The second kappa shape index (κ2) is 11.0. The normalized spacial score (nSPS) is 34.4. The SMILES string of the molecule is CCCN1CC=C[C@@]2(CC)O[C@]34C=CCN(C5CCCCC5)C(=O)C3N([C@H](CO)c3ccccc3)C(=O)[C@@H]4[C@H]2C1=O. The Morgan fingerprint density at radius 2 is 1.66 bits per heavy atom. The van der Waals surface area contributed by atoms with Gasteiger partial charge < -0.3 is 24.5 Å². The molecule has 8 heteroatoms. The van der Waals surface area contributed by atoms with Gasteiger partial charge in [-0.3, -0.25) is 14.4 Å². The van der Waals surface area contributed by atoms with Crippen molar-refractivity contribution in [3.63, 3.8) is 0 Å². The zero-order valence-corrected chi connectivity index (χ0v) is 24.3. The highest BCUT2D eigenvalue weighted by Crippen LogP contribution is 2.59. The smallest absolute Gasteiger partial charge is 0.249 e. The third-order valence-electron chi connectivity index (χ3n) is 10.2. The van der Waals surface area contributed by atoms with Gasteiger partial charge in [-0.2, -0.15) is 0 Å². The molecule has 2 saturated heterocycles. The Hall–Kier alpha value is -2.97. The van der Waals surface area contributed by atoms with Gasteiger partial charge in [0.05, 0.1) is 30.1 Å². The van der Waals surface area contributed by atoms with Gasteiger partial charge in [-0.05, 0) is 31.2 Å². The van der Waals surface area contributed by atoms with Gasteiger partial charge in [-0.25, -0.2) is 0 Å². The van der Waals surface area contributed by atoms with Gasteiger partial charge in [0.25, 0.3) is 0 Å². The fraction of sp³-hybridized carbons (Fsp3) is 0.606. The van der Waals surface area contributed by atoms with Crippen molar-refractivity contribution in [2.75, 3.05) is 26.2 Å². The number of aliphatic hydroxyl groups is 1. The molecule has 1 N–H and O–H groups in total. The Bertz CT molecular complexity index is 1230. The van der Waals surface area contributed by atoms with Crippen LogP contribution in [0.1, 0.15) is 70.4 Å². The van der Waals surface area contributed by atoms with E-state index >= 15 is 0 Å². The zero-order valence-electron chi connectivity index (χ0n) is 24.3. The summed E-state index contributed by atoms with van der Waals surface area (Å²) in [5.74, 6) is -2.15. The van der Waals surface area contributed by atoms with Crippen molar-refractivity contribution >= 4 is 17.7 Å². The molecule has 1 aromatic rings. The molecule has 4 aliphatic heterocycles. The molecule has 220 valence electrons. The molecule has 0 radical (unpaired) electrons. The maximum absolute atomic E-state index is 14.8. The first kappa shape index (κ1) is 28.2. The number of amides is 3. The van der Waals surface area contributed by atoms with Gasteiger partial charge in [-0.1, -0.05) is 87.7 Å². The number of fused-ring (bicyclic) bond motifs is 2. The second-order valence-corrected chi connectivity index (χ2v) is 12.3. The minimum atomic E-state index is -1.31. The van der Waals surface area contributed by atoms with E-state index in [-0.39, 0.29) is 30.4 Å². The summed E-state index contributed by atoms with van der Waals surface area (Å²) in [6.07, 6.45) is 14.4. The van der Waals surface area contributed by atoms with Gasteiger partial charge in [0.2, 0.25) is 17.7 Å². The molecule has 6 atom stereocenters. The maximum atomic E-state index is 14.8. The summed E-state index contributed by atoms with van der Waals surface area (Å²) in [5.41, 5.74) is -1.54. The van der Waals surface area contributed by atoms with Crippen LogP contribution in [0, 0.1) is 11.8 Å². The Kier molecular flexibility index (Phi) is 7.57. The number of hydrogen-bond acceptors (Lipinski definition) is 5. The van der Waals surface area contributed by atoms with Gasteiger partial charge in [0.15, 0.2) is 0 Å². The number of nitrogens with zero attached hydrogens (tertiary/aromatic N) is 3. The first-order valence-corrected chi connectivity index (χ1v) is 15.5. The molecule has 8 nitrogen and oxygen atoms in total. The second-order valence-electron chi connectivity index (χ2n) is 12.3. The van der Waals surface area contributed by atoms with Crippen LogP contribution in [0.5, 0.6) is 0 Å². The number of ether oxygens (including phenoxy) is 1. The van der Waals surface area contributed by atoms with Crippen molar-refractivity contribution in [1.82, 2.24) is 14.7 Å². The number of carbonyl (C=O) groups excluding carboxylic acids is 3.